The lowest BCUT2D eigenvalue weighted by atomic mass is 10.0. The largest absolute Gasteiger partial charge is 0.346 e. The quantitative estimate of drug-likeness (QED) is 0.716. The zero-order valence-electron chi connectivity index (χ0n) is 14.9. The summed E-state index contributed by atoms with van der Waals surface area (Å²) in [6.45, 7) is 1.30. The van der Waals surface area contributed by atoms with Crippen molar-refractivity contribution in [3.05, 3.63) is 64.7 Å². The average Bonchev–Trinajstić information content (AvgIpc) is 2.65. The van der Waals surface area contributed by atoms with Crippen LogP contribution in [-0.4, -0.2) is 37.2 Å². The van der Waals surface area contributed by atoms with Crippen LogP contribution < -0.4 is 16.0 Å². The first-order valence-electron chi connectivity index (χ1n) is 8.00. The van der Waals surface area contributed by atoms with Gasteiger partial charge in [-0.2, -0.15) is 0 Å². The first kappa shape index (κ1) is 22.6. The Kier molecular flexibility index (Phi) is 8.43. The highest BCUT2D eigenvalue weighted by Crippen LogP contribution is 2.26. The number of hydrogen-bond donors (Lipinski definition) is 2. The van der Waals surface area contributed by atoms with E-state index in [0.717, 1.165) is 0 Å². The number of nitrogens with two attached hydrogens (primary N) is 1. The Balaban J connectivity index is 0.00000364. The number of anilines is 1. The number of rotatable bonds is 6. The molecule has 6 nitrogen and oxygen atoms in total. The molecular weight excluding hydrogens is 389 g/mol. The molecule has 1 atom stereocenters. The Bertz CT molecular complexity index is 826. The molecule has 2 aromatic carbocycles. The van der Waals surface area contributed by atoms with Gasteiger partial charge in [-0.05, 0) is 25.1 Å². The molecule has 0 fully saturated rings. The second-order valence-electron chi connectivity index (χ2n) is 5.82. The predicted molar refractivity (Wildman–Crippen MR) is 109 cm³/mol. The fraction of sp³-hybridized carbons (Fsp3) is 0.211. The molecule has 2 amide bonds. The summed E-state index contributed by atoms with van der Waals surface area (Å²) in [5.74, 6) is -1.06. The second-order valence-corrected chi connectivity index (χ2v) is 6.25. The van der Waals surface area contributed by atoms with Crippen LogP contribution in [0.25, 0.3) is 0 Å². The smallest absolute Gasteiger partial charge is 0.246 e. The maximum atomic E-state index is 12.8. The summed E-state index contributed by atoms with van der Waals surface area (Å²) in [6, 6.07) is 12.7. The van der Waals surface area contributed by atoms with Crippen LogP contribution in [0.3, 0.4) is 0 Å². The van der Waals surface area contributed by atoms with Gasteiger partial charge in [-0.1, -0.05) is 41.9 Å². The minimum absolute atomic E-state index is 0. The van der Waals surface area contributed by atoms with Crippen LogP contribution in [0.1, 0.15) is 22.8 Å². The predicted octanol–water partition coefficient (Wildman–Crippen LogP) is 2.42. The molecule has 0 bridgehead atoms. The zero-order valence-corrected chi connectivity index (χ0v) is 16.5. The molecule has 144 valence electrons. The van der Waals surface area contributed by atoms with Crippen LogP contribution >= 0.6 is 24.0 Å². The fourth-order valence-corrected chi connectivity index (χ4v) is 2.48. The summed E-state index contributed by atoms with van der Waals surface area (Å²) >= 11 is 6.04. The maximum Gasteiger partial charge on any atom is 0.246 e. The Hall–Kier alpha value is -2.41. The van der Waals surface area contributed by atoms with Gasteiger partial charge in [0.25, 0.3) is 0 Å². The normalized spacial score (nSPS) is 11.1. The molecule has 0 aliphatic carbocycles. The maximum absolute atomic E-state index is 12.8. The van der Waals surface area contributed by atoms with Crippen LogP contribution in [0.5, 0.6) is 0 Å². The van der Waals surface area contributed by atoms with Crippen molar-refractivity contribution >= 4 is 47.3 Å². The molecule has 0 aliphatic heterocycles. The van der Waals surface area contributed by atoms with Crippen LogP contribution in [0.2, 0.25) is 5.02 Å². The number of benzene rings is 2. The number of nitrogens with one attached hydrogen (secondary N) is 1. The van der Waals surface area contributed by atoms with E-state index in [1.165, 1.54) is 24.9 Å². The van der Waals surface area contributed by atoms with Gasteiger partial charge < -0.3 is 16.0 Å². The number of carbonyl (C=O) groups excluding carboxylic acids is 3. The molecule has 0 saturated carbocycles. The summed E-state index contributed by atoms with van der Waals surface area (Å²) in [5, 5.41) is 2.85. The lowest BCUT2D eigenvalue weighted by Gasteiger charge is -2.21. The Morgan fingerprint density at radius 2 is 1.78 bits per heavy atom. The van der Waals surface area contributed by atoms with Crippen molar-refractivity contribution in [3.8, 4) is 0 Å². The van der Waals surface area contributed by atoms with Crippen LogP contribution in [0.4, 0.5) is 5.69 Å². The number of halogens is 2. The molecule has 2 rings (SSSR count). The van der Waals surface area contributed by atoms with E-state index >= 15 is 0 Å². The third-order valence-corrected chi connectivity index (χ3v) is 4.04. The summed E-state index contributed by atoms with van der Waals surface area (Å²) in [7, 11) is 1.53. The molecule has 0 aromatic heterocycles. The SMILES string of the molecule is C[C@H](N)C(=O)NCC(=O)N(C)c1ccc(Cl)cc1C(=O)c1ccccc1.Cl. The molecule has 0 radical (unpaired) electrons. The van der Waals surface area contributed by atoms with Crippen molar-refractivity contribution < 1.29 is 14.4 Å². The summed E-state index contributed by atoms with van der Waals surface area (Å²) < 4.78 is 0. The number of amides is 2. The van der Waals surface area contributed by atoms with Crippen molar-refractivity contribution in [2.75, 3.05) is 18.5 Å². The highest BCUT2D eigenvalue weighted by atomic mass is 35.5. The molecule has 27 heavy (non-hydrogen) atoms. The van der Waals surface area contributed by atoms with Crippen LogP contribution in [0, 0.1) is 0 Å². The molecule has 8 heteroatoms. The van der Waals surface area contributed by atoms with E-state index in [9.17, 15) is 14.4 Å². The highest BCUT2D eigenvalue weighted by Gasteiger charge is 2.21. The topological polar surface area (TPSA) is 92.5 Å². The van der Waals surface area contributed by atoms with Gasteiger partial charge in [-0.25, -0.2) is 0 Å². The van der Waals surface area contributed by atoms with Gasteiger partial charge in [0.2, 0.25) is 11.8 Å². The summed E-state index contributed by atoms with van der Waals surface area (Å²) in [6.07, 6.45) is 0. The Morgan fingerprint density at radius 3 is 2.37 bits per heavy atom. The molecule has 0 spiro atoms. The van der Waals surface area contributed by atoms with E-state index in [1.54, 1.807) is 36.4 Å². The molecule has 0 heterocycles. The second kappa shape index (κ2) is 10.1. The van der Waals surface area contributed by atoms with Gasteiger partial charge in [-0.15, -0.1) is 12.4 Å². The number of nitrogens with zero attached hydrogens (tertiary/aromatic N) is 1. The third kappa shape index (κ3) is 5.79. The first-order valence-corrected chi connectivity index (χ1v) is 8.38. The van der Waals surface area contributed by atoms with Crippen molar-refractivity contribution in [2.45, 2.75) is 13.0 Å². The number of likely N-dealkylation sites (N-methyl/N-ethyl adjacent to an activating group) is 1. The van der Waals surface area contributed by atoms with E-state index in [4.69, 9.17) is 17.3 Å². The van der Waals surface area contributed by atoms with Gasteiger partial charge >= 0.3 is 0 Å². The summed E-state index contributed by atoms with van der Waals surface area (Å²) in [5.41, 5.74) is 6.66. The molecule has 0 saturated heterocycles. The van der Waals surface area contributed by atoms with E-state index in [1.807, 2.05) is 6.07 Å². The molecule has 2 aromatic rings. The van der Waals surface area contributed by atoms with Crippen molar-refractivity contribution in [1.29, 1.82) is 0 Å². The molecule has 0 unspecified atom stereocenters. The Morgan fingerprint density at radius 1 is 1.15 bits per heavy atom. The van der Waals surface area contributed by atoms with Crippen molar-refractivity contribution in [1.82, 2.24) is 5.32 Å². The Labute approximate surface area is 169 Å². The van der Waals surface area contributed by atoms with E-state index in [0.29, 0.717) is 21.8 Å². The lowest BCUT2D eigenvalue weighted by Crippen LogP contribution is -2.44. The third-order valence-electron chi connectivity index (χ3n) is 3.80. The van der Waals surface area contributed by atoms with Crippen LogP contribution in [-0.2, 0) is 9.59 Å². The van der Waals surface area contributed by atoms with Crippen molar-refractivity contribution in [2.24, 2.45) is 5.73 Å². The molecule has 3 N–H and O–H groups in total. The van der Waals surface area contributed by atoms with Gasteiger partial charge in [0.15, 0.2) is 5.78 Å². The van der Waals surface area contributed by atoms with E-state index < -0.39 is 11.9 Å². The molecule has 0 aliphatic rings. The number of carbonyl (C=O) groups is 3. The van der Waals surface area contributed by atoms with Crippen LogP contribution in [0.15, 0.2) is 48.5 Å². The minimum Gasteiger partial charge on any atom is -0.346 e. The average molecular weight is 410 g/mol. The zero-order chi connectivity index (χ0) is 19.3. The fourth-order valence-electron chi connectivity index (χ4n) is 2.30. The summed E-state index contributed by atoms with van der Waals surface area (Å²) in [4.78, 5) is 38.1. The monoisotopic (exact) mass is 409 g/mol. The van der Waals surface area contributed by atoms with Gasteiger partial charge in [-0.3, -0.25) is 14.4 Å². The van der Waals surface area contributed by atoms with Gasteiger partial charge in [0.05, 0.1) is 18.3 Å². The minimum atomic E-state index is -0.709. The first-order chi connectivity index (χ1) is 12.3. The van der Waals surface area contributed by atoms with Gasteiger partial charge in [0, 0.05) is 23.2 Å². The number of hydrogen-bond acceptors (Lipinski definition) is 4. The molecular formula is C19H21Cl2N3O3. The standard InChI is InChI=1S/C19H20ClN3O3.ClH/c1-12(21)19(26)22-11-17(24)23(2)16-9-8-14(20)10-15(16)18(25)13-6-4-3-5-7-13;/h3-10,12H,11,21H2,1-2H3,(H,22,26);1H/t12-;/m0./s1. The van der Waals surface area contributed by atoms with Crippen molar-refractivity contribution in [3.63, 3.8) is 0 Å². The van der Waals surface area contributed by atoms with E-state index in [-0.39, 0.29) is 30.6 Å². The van der Waals surface area contributed by atoms with E-state index in [2.05, 4.69) is 5.32 Å². The highest BCUT2D eigenvalue weighted by molar-refractivity contribution is 6.31. The van der Waals surface area contributed by atoms with Gasteiger partial charge in [0.1, 0.15) is 0 Å². The lowest BCUT2D eigenvalue weighted by molar-refractivity contribution is -0.125. The number of ketones is 1.